The molecule has 108 valence electrons. The number of unbranched alkanes of at least 4 members (excludes halogenated alkanes) is 1. The smallest absolute Gasteiger partial charge is 0.144 e. The molecule has 0 aliphatic rings. The lowest BCUT2D eigenvalue weighted by atomic mass is 9.86. The first-order valence-electron chi connectivity index (χ1n) is 6.72. The van der Waals surface area contributed by atoms with Gasteiger partial charge < -0.3 is 20.7 Å². The van der Waals surface area contributed by atoms with Crippen LogP contribution in [0.4, 0.5) is 0 Å². The summed E-state index contributed by atoms with van der Waals surface area (Å²) in [6.07, 6.45) is 4.67. The molecular weight excluding hydrogens is 242 g/mol. The number of hydrogen-bond acceptors (Lipinski definition) is 4. The monoisotopic (exact) mass is 267 g/mol. The third-order valence-electron chi connectivity index (χ3n) is 3.45. The van der Waals surface area contributed by atoms with Crippen LogP contribution < -0.4 is 11.1 Å². The van der Waals surface area contributed by atoms with Crippen molar-refractivity contribution >= 4 is 5.84 Å². The first kappa shape index (κ1) is 15.6. The van der Waals surface area contributed by atoms with Crippen molar-refractivity contribution in [2.24, 2.45) is 16.3 Å². The number of hydrogen-bond donors (Lipinski definition) is 3. The van der Waals surface area contributed by atoms with Crippen LogP contribution in [-0.4, -0.2) is 17.6 Å². The second-order valence-corrected chi connectivity index (χ2v) is 5.52. The highest BCUT2D eigenvalue weighted by molar-refractivity contribution is 5.85. The van der Waals surface area contributed by atoms with Gasteiger partial charge >= 0.3 is 0 Å². The van der Waals surface area contributed by atoms with Crippen molar-refractivity contribution in [3.05, 3.63) is 24.2 Å². The van der Waals surface area contributed by atoms with E-state index in [1.165, 1.54) is 0 Å². The van der Waals surface area contributed by atoms with Crippen molar-refractivity contribution in [1.82, 2.24) is 5.32 Å². The van der Waals surface area contributed by atoms with Crippen molar-refractivity contribution in [3.63, 3.8) is 0 Å². The number of oxime groups is 1. The number of rotatable bonds is 8. The molecule has 0 bridgehead atoms. The lowest BCUT2D eigenvalue weighted by molar-refractivity contribution is 0.304. The van der Waals surface area contributed by atoms with Crippen LogP contribution in [0.2, 0.25) is 0 Å². The molecule has 0 fully saturated rings. The van der Waals surface area contributed by atoms with E-state index in [1.54, 1.807) is 6.26 Å². The molecule has 4 N–H and O–H groups in total. The van der Waals surface area contributed by atoms with Gasteiger partial charge in [0, 0.05) is 5.41 Å². The third-order valence-corrected chi connectivity index (χ3v) is 3.45. The highest BCUT2D eigenvalue weighted by Gasteiger charge is 2.22. The fraction of sp³-hybridized carbons (Fsp3) is 0.643. The predicted octanol–water partition coefficient (Wildman–Crippen LogP) is 2.87. The van der Waals surface area contributed by atoms with Gasteiger partial charge in [0.1, 0.15) is 11.6 Å². The molecule has 5 heteroatoms. The second-order valence-electron chi connectivity index (χ2n) is 5.52. The summed E-state index contributed by atoms with van der Waals surface area (Å²) in [5, 5.41) is 15.2. The summed E-state index contributed by atoms with van der Waals surface area (Å²) < 4.78 is 5.33. The summed E-state index contributed by atoms with van der Waals surface area (Å²) >= 11 is 0. The first-order valence-corrected chi connectivity index (χ1v) is 6.72. The molecule has 19 heavy (non-hydrogen) atoms. The Morgan fingerprint density at radius 2 is 2.26 bits per heavy atom. The maximum atomic E-state index is 8.69. The van der Waals surface area contributed by atoms with Crippen molar-refractivity contribution in [1.29, 1.82) is 0 Å². The molecule has 1 aromatic heterocycles. The largest absolute Gasteiger partial charge is 0.468 e. The van der Waals surface area contributed by atoms with Gasteiger partial charge in [0.05, 0.1) is 12.3 Å². The van der Waals surface area contributed by atoms with Crippen LogP contribution in [-0.2, 0) is 0 Å². The van der Waals surface area contributed by atoms with Crippen LogP contribution in [0.3, 0.4) is 0 Å². The minimum Gasteiger partial charge on any atom is -0.468 e. The van der Waals surface area contributed by atoms with Crippen molar-refractivity contribution in [2.75, 3.05) is 6.54 Å². The van der Waals surface area contributed by atoms with Gasteiger partial charge in [0.15, 0.2) is 0 Å². The van der Waals surface area contributed by atoms with Crippen LogP contribution >= 0.6 is 0 Å². The highest BCUT2D eigenvalue weighted by Crippen LogP contribution is 2.23. The Morgan fingerprint density at radius 3 is 2.84 bits per heavy atom. The summed E-state index contributed by atoms with van der Waals surface area (Å²) in [5.74, 6) is 1.25. The molecule has 1 aromatic rings. The molecule has 0 spiro atoms. The Kier molecular flexibility index (Phi) is 5.89. The van der Waals surface area contributed by atoms with Crippen molar-refractivity contribution in [3.8, 4) is 0 Å². The number of nitrogens with two attached hydrogens (primary N) is 1. The van der Waals surface area contributed by atoms with E-state index < -0.39 is 0 Å². The van der Waals surface area contributed by atoms with E-state index >= 15 is 0 Å². The molecule has 0 unspecified atom stereocenters. The summed E-state index contributed by atoms with van der Waals surface area (Å²) in [6, 6.07) is 4.10. The zero-order valence-corrected chi connectivity index (χ0v) is 12.0. The summed E-state index contributed by atoms with van der Waals surface area (Å²) in [7, 11) is 0. The van der Waals surface area contributed by atoms with Gasteiger partial charge in [-0.1, -0.05) is 25.4 Å². The Balaban J connectivity index is 2.18. The number of amidine groups is 1. The molecule has 1 heterocycles. The SMILES string of the molecule is C[C@H](NCCCCC(C)(C)/C(N)=N/O)c1ccco1. The normalized spacial score (nSPS) is 14.6. The lowest BCUT2D eigenvalue weighted by Crippen LogP contribution is -2.32. The highest BCUT2D eigenvalue weighted by atomic mass is 16.4. The Labute approximate surface area is 114 Å². The number of furan rings is 1. The minimum absolute atomic E-state index is 0.229. The second kappa shape index (κ2) is 7.19. The number of nitrogens with one attached hydrogen (secondary N) is 1. The van der Waals surface area contributed by atoms with Gasteiger partial charge in [0.2, 0.25) is 0 Å². The predicted molar refractivity (Wildman–Crippen MR) is 76.2 cm³/mol. The van der Waals surface area contributed by atoms with Crippen LogP contribution in [0.15, 0.2) is 28.0 Å². The minimum atomic E-state index is -0.249. The molecule has 1 rings (SSSR count). The maximum Gasteiger partial charge on any atom is 0.144 e. The van der Waals surface area contributed by atoms with Crippen molar-refractivity contribution in [2.45, 2.75) is 46.1 Å². The van der Waals surface area contributed by atoms with Gasteiger partial charge in [0.25, 0.3) is 0 Å². The molecule has 0 aliphatic heterocycles. The molecule has 1 atom stereocenters. The van der Waals surface area contributed by atoms with E-state index in [0.717, 1.165) is 31.6 Å². The quantitative estimate of drug-likeness (QED) is 0.222. The number of nitrogens with zero attached hydrogens (tertiary/aromatic N) is 1. The van der Waals surface area contributed by atoms with Crippen LogP contribution in [0.25, 0.3) is 0 Å². The van der Waals surface area contributed by atoms with Gasteiger partial charge in [-0.05, 0) is 38.4 Å². The van der Waals surface area contributed by atoms with E-state index in [4.69, 9.17) is 15.4 Å². The topological polar surface area (TPSA) is 83.8 Å². The van der Waals surface area contributed by atoms with E-state index in [1.807, 2.05) is 26.0 Å². The Hall–Kier alpha value is -1.49. The molecule has 5 nitrogen and oxygen atoms in total. The zero-order valence-electron chi connectivity index (χ0n) is 12.0. The van der Waals surface area contributed by atoms with Gasteiger partial charge in [-0.15, -0.1) is 0 Å². The Morgan fingerprint density at radius 1 is 1.53 bits per heavy atom. The molecule has 0 aromatic carbocycles. The fourth-order valence-electron chi connectivity index (χ4n) is 1.91. The average molecular weight is 267 g/mol. The molecular formula is C14H25N3O2. The van der Waals surface area contributed by atoms with Crippen LogP contribution in [0, 0.1) is 5.41 Å². The fourth-order valence-corrected chi connectivity index (χ4v) is 1.91. The van der Waals surface area contributed by atoms with Crippen LogP contribution in [0.1, 0.15) is 51.8 Å². The molecule has 0 aliphatic carbocycles. The van der Waals surface area contributed by atoms with Gasteiger partial charge in [-0.25, -0.2) is 0 Å². The van der Waals surface area contributed by atoms with Gasteiger partial charge in [-0.2, -0.15) is 0 Å². The summed E-state index contributed by atoms with van der Waals surface area (Å²) in [6.45, 7) is 6.98. The molecule has 0 radical (unpaired) electrons. The third kappa shape index (κ3) is 4.95. The molecule has 0 saturated heterocycles. The Bertz CT molecular complexity index is 385. The van der Waals surface area contributed by atoms with Crippen molar-refractivity contribution < 1.29 is 9.62 Å². The zero-order chi connectivity index (χ0) is 14.3. The van der Waals surface area contributed by atoms with Crippen LogP contribution in [0.5, 0.6) is 0 Å². The average Bonchev–Trinajstić information content (AvgIpc) is 2.90. The van der Waals surface area contributed by atoms with Gasteiger partial charge in [-0.3, -0.25) is 0 Å². The summed E-state index contributed by atoms with van der Waals surface area (Å²) in [4.78, 5) is 0. The maximum absolute atomic E-state index is 8.69. The van der Waals surface area contributed by atoms with E-state index in [2.05, 4.69) is 17.4 Å². The molecule has 0 saturated carbocycles. The first-order chi connectivity index (χ1) is 8.97. The van der Waals surface area contributed by atoms with E-state index in [9.17, 15) is 0 Å². The molecule has 0 amide bonds. The van der Waals surface area contributed by atoms with E-state index in [-0.39, 0.29) is 11.5 Å². The standard InChI is InChI=1S/C14H25N3O2/c1-11(12-7-6-10-19-12)16-9-5-4-8-14(2,3)13(15)17-18/h6-7,10-11,16,18H,4-5,8-9H2,1-3H3,(H2,15,17)/t11-/m0/s1. The van der Waals surface area contributed by atoms with E-state index in [0.29, 0.717) is 5.84 Å². The lowest BCUT2D eigenvalue weighted by Gasteiger charge is -2.22. The summed E-state index contributed by atoms with van der Waals surface area (Å²) in [5.41, 5.74) is 5.40.